The Labute approximate surface area is 117 Å². The molecular weight excluding hydrogens is 260 g/mol. The first-order valence-electron chi connectivity index (χ1n) is 6.16. The van der Waals surface area contributed by atoms with E-state index >= 15 is 0 Å². The standard InChI is InChI=1S/C13H20N4O3/c1-8(2)20-11-4-9(14)3-10(5-11)17(6-12(15)18)7-13(16)19/h3-5,8H,6-7,14H2,1-2H3,(H2,15,18)(H2,16,19). The molecule has 0 fully saturated rings. The van der Waals surface area contributed by atoms with Crippen LogP contribution in [0.1, 0.15) is 13.8 Å². The van der Waals surface area contributed by atoms with Crippen molar-refractivity contribution >= 4 is 23.2 Å². The molecule has 0 aliphatic heterocycles. The number of hydrogen-bond acceptors (Lipinski definition) is 5. The zero-order valence-corrected chi connectivity index (χ0v) is 11.6. The van der Waals surface area contributed by atoms with Crippen molar-refractivity contribution in [3.63, 3.8) is 0 Å². The molecule has 0 unspecified atom stereocenters. The first-order valence-corrected chi connectivity index (χ1v) is 6.16. The molecule has 0 radical (unpaired) electrons. The maximum Gasteiger partial charge on any atom is 0.236 e. The minimum atomic E-state index is -0.569. The maximum atomic E-state index is 11.1. The number of ether oxygens (including phenoxy) is 1. The van der Waals surface area contributed by atoms with Crippen LogP contribution >= 0.6 is 0 Å². The number of carbonyl (C=O) groups excluding carboxylic acids is 2. The minimum absolute atomic E-state index is 0.0228. The van der Waals surface area contributed by atoms with Crippen LogP contribution in [0.25, 0.3) is 0 Å². The van der Waals surface area contributed by atoms with E-state index in [0.29, 0.717) is 17.1 Å². The van der Waals surface area contributed by atoms with Crippen LogP contribution in [0.4, 0.5) is 11.4 Å². The summed E-state index contributed by atoms with van der Waals surface area (Å²) in [5, 5.41) is 0. The van der Waals surface area contributed by atoms with Crippen LogP contribution in [0.5, 0.6) is 5.75 Å². The number of amides is 2. The second kappa shape index (κ2) is 6.65. The van der Waals surface area contributed by atoms with Gasteiger partial charge in [0.25, 0.3) is 0 Å². The highest BCUT2D eigenvalue weighted by Crippen LogP contribution is 2.26. The zero-order chi connectivity index (χ0) is 15.3. The average molecular weight is 280 g/mol. The lowest BCUT2D eigenvalue weighted by Crippen LogP contribution is -2.39. The minimum Gasteiger partial charge on any atom is -0.491 e. The Morgan fingerprint density at radius 2 is 1.70 bits per heavy atom. The van der Waals surface area contributed by atoms with Gasteiger partial charge in [-0.1, -0.05) is 0 Å². The number of anilines is 2. The lowest BCUT2D eigenvalue weighted by molar-refractivity contribution is -0.117. The summed E-state index contributed by atoms with van der Waals surface area (Å²) in [5.74, 6) is -0.589. The number of benzene rings is 1. The Morgan fingerprint density at radius 1 is 1.15 bits per heavy atom. The first-order chi connectivity index (χ1) is 9.27. The number of rotatable bonds is 7. The van der Waals surface area contributed by atoms with Gasteiger partial charge in [-0.25, -0.2) is 0 Å². The van der Waals surface area contributed by atoms with Crippen molar-refractivity contribution in [3.8, 4) is 5.75 Å². The monoisotopic (exact) mass is 280 g/mol. The van der Waals surface area contributed by atoms with Gasteiger partial charge in [-0.15, -0.1) is 0 Å². The molecule has 0 saturated heterocycles. The van der Waals surface area contributed by atoms with Gasteiger partial charge in [0.05, 0.1) is 19.2 Å². The summed E-state index contributed by atoms with van der Waals surface area (Å²) >= 11 is 0. The molecule has 1 aromatic rings. The molecule has 0 aliphatic rings. The van der Waals surface area contributed by atoms with Crippen molar-refractivity contribution in [3.05, 3.63) is 18.2 Å². The average Bonchev–Trinajstić information content (AvgIpc) is 2.24. The fourth-order valence-corrected chi connectivity index (χ4v) is 1.74. The molecule has 20 heavy (non-hydrogen) atoms. The van der Waals surface area contributed by atoms with E-state index in [1.54, 1.807) is 18.2 Å². The fraction of sp³-hybridized carbons (Fsp3) is 0.385. The second-order valence-corrected chi connectivity index (χ2v) is 4.72. The van der Waals surface area contributed by atoms with Crippen LogP contribution in [0.3, 0.4) is 0 Å². The molecule has 0 aliphatic carbocycles. The predicted octanol–water partition coefficient (Wildman–Crippen LogP) is -0.167. The molecule has 0 saturated carbocycles. The molecule has 1 rings (SSSR count). The summed E-state index contributed by atoms with van der Waals surface area (Å²) in [6, 6.07) is 4.97. The molecule has 110 valence electrons. The van der Waals surface area contributed by atoms with Crippen molar-refractivity contribution < 1.29 is 14.3 Å². The summed E-state index contributed by atoms with van der Waals surface area (Å²) in [6.07, 6.45) is -0.0228. The van der Waals surface area contributed by atoms with E-state index in [-0.39, 0.29) is 19.2 Å². The number of carbonyl (C=O) groups is 2. The van der Waals surface area contributed by atoms with Crippen LogP contribution in [-0.4, -0.2) is 31.0 Å². The highest BCUT2D eigenvalue weighted by molar-refractivity contribution is 5.85. The van der Waals surface area contributed by atoms with Crippen molar-refractivity contribution in [1.82, 2.24) is 0 Å². The molecule has 0 bridgehead atoms. The highest BCUT2D eigenvalue weighted by atomic mass is 16.5. The molecule has 2 amide bonds. The molecule has 0 spiro atoms. The van der Waals surface area contributed by atoms with Crippen LogP contribution in [0, 0.1) is 0 Å². The Kier molecular flexibility index (Phi) is 5.19. The van der Waals surface area contributed by atoms with Crippen LogP contribution < -0.4 is 26.8 Å². The van der Waals surface area contributed by atoms with Crippen molar-refractivity contribution in [1.29, 1.82) is 0 Å². The largest absolute Gasteiger partial charge is 0.491 e. The molecular formula is C13H20N4O3. The van der Waals surface area contributed by atoms with Crippen LogP contribution in [-0.2, 0) is 9.59 Å². The molecule has 0 atom stereocenters. The Balaban J connectivity index is 3.07. The SMILES string of the molecule is CC(C)Oc1cc(N)cc(N(CC(N)=O)CC(N)=O)c1. The van der Waals surface area contributed by atoms with E-state index in [1.165, 1.54) is 4.90 Å². The third-order valence-electron chi connectivity index (χ3n) is 2.34. The lowest BCUT2D eigenvalue weighted by Gasteiger charge is -2.23. The van der Waals surface area contributed by atoms with Crippen LogP contribution in [0.15, 0.2) is 18.2 Å². The topological polar surface area (TPSA) is 125 Å². The molecule has 6 N–H and O–H groups in total. The van der Waals surface area contributed by atoms with Gasteiger partial charge < -0.3 is 26.8 Å². The molecule has 7 heteroatoms. The number of hydrogen-bond donors (Lipinski definition) is 3. The van der Waals surface area contributed by atoms with E-state index in [1.807, 2.05) is 13.8 Å². The Morgan fingerprint density at radius 3 is 2.15 bits per heavy atom. The Hall–Kier alpha value is -2.44. The molecule has 1 aromatic carbocycles. The van der Waals surface area contributed by atoms with E-state index in [9.17, 15) is 9.59 Å². The molecule has 7 nitrogen and oxygen atoms in total. The summed E-state index contributed by atoms with van der Waals surface area (Å²) in [7, 11) is 0. The maximum absolute atomic E-state index is 11.1. The van der Waals surface area contributed by atoms with Crippen LogP contribution in [0.2, 0.25) is 0 Å². The van der Waals surface area contributed by atoms with Gasteiger partial charge in [-0.3, -0.25) is 9.59 Å². The smallest absolute Gasteiger partial charge is 0.236 e. The van der Waals surface area contributed by atoms with E-state index in [0.717, 1.165) is 0 Å². The summed E-state index contributed by atoms with van der Waals surface area (Å²) in [5.41, 5.74) is 17.1. The van der Waals surface area contributed by atoms with Crippen molar-refractivity contribution in [2.75, 3.05) is 23.7 Å². The van der Waals surface area contributed by atoms with Crippen molar-refractivity contribution in [2.45, 2.75) is 20.0 Å². The van der Waals surface area contributed by atoms with Gasteiger partial charge in [0, 0.05) is 23.5 Å². The summed E-state index contributed by atoms with van der Waals surface area (Å²) in [4.78, 5) is 23.6. The predicted molar refractivity (Wildman–Crippen MR) is 77.2 cm³/mol. The third-order valence-corrected chi connectivity index (χ3v) is 2.34. The molecule has 0 heterocycles. The van der Waals surface area contributed by atoms with E-state index < -0.39 is 11.8 Å². The number of nitrogen functional groups attached to an aromatic ring is 1. The number of nitrogens with two attached hydrogens (primary N) is 3. The number of primary amides is 2. The summed E-state index contributed by atoms with van der Waals surface area (Å²) < 4.78 is 5.56. The Bertz CT molecular complexity index is 486. The molecule has 0 aromatic heterocycles. The van der Waals surface area contributed by atoms with Gasteiger partial charge >= 0.3 is 0 Å². The second-order valence-electron chi connectivity index (χ2n) is 4.72. The zero-order valence-electron chi connectivity index (χ0n) is 11.6. The quantitative estimate of drug-likeness (QED) is 0.598. The van der Waals surface area contributed by atoms with Crippen molar-refractivity contribution in [2.24, 2.45) is 11.5 Å². The lowest BCUT2D eigenvalue weighted by atomic mass is 10.2. The highest BCUT2D eigenvalue weighted by Gasteiger charge is 2.14. The van der Waals surface area contributed by atoms with Gasteiger partial charge in [0.2, 0.25) is 11.8 Å². The van der Waals surface area contributed by atoms with Gasteiger partial charge in [0.1, 0.15) is 5.75 Å². The normalized spacial score (nSPS) is 10.3. The fourth-order valence-electron chi connectivity index (χ4n) is 1.74. The number of nitrogens with zero attached hydrogens (tertiary/aromatic N) is 1. The third kappa shape index (κ3) is 5.05. The van der Waals surface area contributed by atoms with Gasteiger partial charge in [-0.2, -0.15) is 0 Å². The van der Waals surface area contributed by atoms with Gasteiger partial charge in [0.15, 0.2) is 0 Å². The first kappa shape index (κ1) is 15.6. The van der Waals surface area contributed by atoms with E-state index in [4.69, 9.17) is 21.9 Å². The van der Waals surface area contributed by atoms with Gasteiger partial charge in [-0.05, 0) is 19.9 Å². The summed E-state index contributed by atoms with van der Waals surface area (Å²) in [6.45, 7) is 3.50. The van der Waals surface area contributed by atoms with E-state index in [2.05, 4.69) is 0 Å².